The van der Waals surface area contributed by atoms with Crippen molar-refractivity contribution in [3.8, 4) is 17.2 Å². The van der Waals surface area contributed by atoms with Crippen molar-refractivity contribution in [3.05, 3.63) is 17.7 Å². The van der Waals surface area contributed by atoms with Gasteiger partial charge >= 0.3 is 0 Å². The van der Waals surface area contributed by atoms with Crippen LogP contribution in [-0.2, 0) is 11.3 Å². The number of carbonyl (C=O) groups is 1. The lowest BCUT2D eigenvalue weighted by Crippen LogP contribution is -2.53. The van der Waals surface area contributed by atoms with Gasteiger partial charge in [-0.3, -0.25) is 4.79 Å². The van der Waals surface area contributed by atoms with E-state index < -0.39 is 0 Å². The van der Waals surface area contributed by atoms with Crippen molar-refractivity contribution in [3.63, 3.8) is 0 Å². The second kappa shape index (κ2) is 6.67. The maximum absolute atomic E-state index is 13.1. The van der Waals surface area contributed by atoms with Gasteiger partial charge in [0.1, 0.15) is 0 Å². The number of benzene rings is 1. The van der Waals surface area contributed by atoms with Gasteiger partial charge in [0, 0.05) is 12.0 Å². The van der Waals surface area contributed by atoms with Gasteiger partial charge in [-0.15, -0.1) is 0 Å². The summed E-state index contributed by atoms with van der Waals surface area (Å²) in [4.78, 5) is 13.1. The lowest BCUT2D eigenvalue weighted by molar-refractivity contribution is -0.146. The Morgan fingerprint density at radius 2 is 1.46 bits per heavy atom. The highest BCUT2D eigenvalue weighted by Gasteiger charge is 2.54. The van der Waals surface area contributed by atoms with Crippen LogP contribution in [0.4, 0.5) is 0 Å². The first kappa shape index (κ1) is 17.5. The molecule has 1 N–H and O–H groups in total. The molecule has 4 aliphatic carbocycles. The Morgan fingerprint density at radius 3 is 1.88 bits per heavy atom. The summed E-state index contributed by atoms with van der Waals surface area (Å²) in [7, 11) is 4.80. The number of carbonyl (C=O) groups excluding carboxylic acids is 1. The van der Waals surface area contributed by atoms with Crippen LogP contribution in [0.5, 0.6) is 17.2 Å². The molecule has 5 nitrogen and oxygen atoms in total. The Labute approximate surface area is 155 Å². The lowest BCUT2D eigenvalue weighted by atomic mass is 9.49. The molecule has 0 heterocycles. The summed E-state index contributed by atoms with van der Waals surface area (Å²) >= 11 is 0. The van der Waals surface area contributed by atoms with Crippen LogP contribution in [0.2, 0.25) is 0 Å². The third kappa shape index (κ3) is 2.91. The second-order valence-electron chi connectivity index (χ2n) is 8.41. The van der Waals surface area contributed by atoms with E-state index in [-0.39, 0.29) is 11.3 Å². The van der Waals surface area contributed by atoms with Crippen molar-refractivity contribution in [1.82, 2.24) is 5.32 Å². The molecule has 4 bridgehead atoms. The number of rotatable bonds is 6. The molecule has 1 amide bonds. The summed E-state index contributed by atoms with van der Waals surface area (Å²) in [5.74, 6) is 4.36. The summed E-state index contributed by atoms with van der Waals surface area (Å²) in [6.07, 6.45) is 7.29. The zero-order chi connectivity index (χ0) is 18.3. The second-order valence-corrected chi connectivity index (χ2v) is 8.41. The molecule has 5 heteroatoms. The van der Waals surface area contributed by atoms with E-state index in [9.17, 15) is 4.79 Å². The van der Waals surface area contributed by atoms with Gasteiger partial charge in [-0.1, -0.05) is 0 Å². The summed E-state index contributed by atoms with van der Waals surface area (Å²) < 4.78 is 16.2. The minimum Gasteiger partial charge on any atom is -0.493 e. The molecule has 1 aromatic rings. The Hall–Kier alpha value is -1.91. The fourth-order valence-corrected chi connectivity index (χ4v) is 6.00. The largest absolute Gasteiger partial charge is 0.493 e. The van der Waals surface area contributed by atoms with Gasteiger partial charge in [0.05, 0.1) is 21.3 Å². The van der Waals surface area contributed by atoms with Crippen LogP contribution in [-0.4, -0.2) is 27.2 Å². The third-order valence-corrected chi connectivity index (χ3v) is 6.70. The van der Waals surface area contributed by atoms with Crippen LogP contribution in [0.15, 0.2) is 12.1 Å². The molecule has 4 aliphatic rings. The first-order chi connectivity index (χ1) is 12.6. The highest BCUT2D eigenvalue weighted by Crippen LogP contribution is 2.60. The summed E-state index contributed by atoms with van der Waals surface area (Å²) in [6, 6.07) is 3.81. The topological polar surface area (TPSA) is 56.8 Å². The molecule has 26 heavy (non-hydrogen) atoms. The van der Waals surface area contributed by atoms with Crippen LogP contribution < -0.4 is 19.5 Å². The number of hydrogen-bond acceptors (Lipinski definition) is 4. The van der Waals surface area contributed by atoms with Crippen LogP contribution in [0.3, 0.4) is 0 Å². The highest BCUT2D eigenvalue weighted by atomic mass is 16.5. The van der Waals surface area contributed by atoms with Crippen LogP contribution in [0, 0.1) is 23.2 Å². The molecule has 0 saturated heterocycles. The van der Waals surface area contributed by atoms with E-state index >= 15 is 0 Å². The van der Waals surface area contributed by atoms with E-state index in [0.29, 0.717) is 23.8 Å². The number of methoxy groups -OCH3 is 3. The fourth-order valence-electron chi connectivity index (χ4n) is 6.00. The van der Waals surface area contributed by atoms with Gasteiger partial charge in [-0.2, -0.15) is 0 Å². The van der Waals surface area contributed by atoms with Crippen LogP contribution in [0.1, 0.15) is 44.1 Å². The number of nitrogens with one attached hydrogen (secondary N) is 1. The quantitative estimate of drug-likeness (QED) is 0.844. The van der Waals surface area contributed by atoms with Gasteiger partial charge in [0.15, 0.2) is 11.5 Å². The van der Waals surface area contributed by atoms with E-state index in [1.807, 2.05) is 12.1 Å². The van der Waals surface area contributed by atoms with E-state index in [1.54, 1.807) is 21.3 Å². The maximum Gasteiger partial charge on any atom is 0.226 e. The zero-order valence-electron chi connectivity index (χ0n) is 16.0. The molecule has 1 aromatic carbocycles. The van der Waals surface area contributed by atoms with E-state index in [4.69, 9.17) is 14.2 Å². The van der Waals surface area contributed by atoms with E-state index in [0.717, 1.165) is 42.6 Å². The van der Waals surface area contributed by atoms with Crippen molar-refractivity contribution in [2.45, 2.75) is 45.1 Å². The van der Waals surface area contributed by atoms with Gasteiger partial charge < -0.3 is 19.5 Å². The third-order valence-electron chi connectivity index (χ3n) is 6.70. The van der Waals surface area contributed by atoms with Gasteiger partial charge in [-0.05, 0) is 74.0 Å². The minimum atomic E-state index is -0.116. The molecule has 0 aliphatic heterocycles. The van der Waals surface area contributed by atoms with Crippen molar-refractivity contribution >= 4 is 5.91 Å². The van der Waals surface area contributed by atoms with Crippen LogP contribution >= 0.6 is 0 Å². The van der Waals surface area contributed by atoms with Crippen molar-refractivity contribution in [2.24, 2.45) is 23.2 Å². The van der Waals surface area contributed by atoms with Crippen molar-refractivity contribution < 1.29 is 19.0 Å². The Bertz CT molecular complexity index is 639. The molecule has 0 unspecified atom stereocenters. The molecule has 4 fully saturated rings. The van der Waals surface area contributed by atoms with E-state index in [1.165, 1.54) is 19.3 Å². The Kier molecular flexibility index (Phi) is 4.49. The summed E-state index contributed by atoms with van der Waals surface area (Å²) in [5.41, 5.74) is 0.840. The average molecular weight is 359 g/mol. The van der Waals surface area contributed by atoms with Gasteiger partial charge in [0.2, 0.25) is 11.7 Å². The monoisotopic (exact) mass is 359 g/mol. The molecule has 142 valence electrons. The first-order valence-electron chi connectivity index (χ1n) is 9.64. The summed E-state index contributed by atoms with van der Waals surface area (Å²) in [5, 5.41) is 3.21. The first-order valence-corrected chi connectivity index (χ1v) is 9.64. The number of hydrogen-bond donors (Lipinski definition) is 1. The molecule has 0 radical (unpaired) electrons. The van der Waals surface area contributed by atoms with Gasteiger partial charge in [-0.25, -0.2) is 0 Å². The van der Waals surface area contributed by atoms with Crippen molar-refractivity contribution in [1.29, 1.82) is 0 Å². The molecular weight excluding hydrogens is 330 g/mol. The minimum absolute atomic E-state index is 0.116. The lowest BCUT2D eigenvalue weighted by Gasteiger charge is -2.55. The Morgan fingerprint density at radius 1 is 0.962 bits per heavy atom. The SMILES string of the molecule is COc1cc(CNC(=O)C23CC4CC(CC(C4)C2)C3)cc(OC)c1OC. The number of ether oxygens (including phenoxy) is 3. The molecule has 0 aromatic heterocycles. The molecular formula is C21H29NO4. The van der Waals surface area contributed by atoms with Crippen molar-refractivity contribution in [2.75, 3.05) is 21.3 Å². The smallest absolute Gasteiger partial charge is 0.226 e. The Balaban J connectivity index is 1.48. The van der Waals surface area contributed by atoms with Gasteiger partial charge in [0.25, 0.3) is 0 Å². The zero-order valence-corrected chi connectivity index (χ0v) is 16.0. The van der Waals surface area contributed by atoms with Crippen LogP contribution in [0.25, 0.3) is 0 Å². The maximum atomic E-state index is 13.1. The molecule has 0 atom stereocenters. The fraction of sp³-hybridized carbons (Fsp3) is 0.667. The highest BCUT2D eigenvalue weighted by molar-refractivity contribution is 5.83. The molecule has 0 spiro atoms. The van der Waals surface area contributed by atoms with E-state index in [2.05, 4.69) is 5.32 Å². The predicted molar refractivity (Wildman–Crippen MR) is 98.5 cm³/mol. The molecule has 4 saturated carbocycles. The normalized spacial score (nSPS) is 31.6. The average Bonchev–Trinajstić information content (AvgIpc) is 2.63. The predicted octanol–water partition coefficient (Wildman–Crippen LogP) is 3.55. The number of amides is 1. The summed E-state index contributed by atoms with van der Waals surface area (Å²) in [6.45, 7) is 0.483. The standard InChI is InChI=1S/C21H29NO4/c1-24-17-7-16(8-18(25-2)19(17)26-3)12-22-20(23)21-9-13-4-14(10-21)6-15(5-13)11-21/h7-8,13-15H,4-6,9-12H2,1-3H3,(H,22,23). The molecule has 5 rings (SSSR count).